The number of ether oxygens (including phenoxy) is 1. The van der Waals surface area contributed by atoms with Crippen molar-refractivity contribution in [1.29, 1.82) is 5.26 Å². The molecule has 2 N–H and O–H groups in total. The highest BCUT2D eigenvalue weighted by Gasteiger charge is 2.11. The Morgan fingerprint density at radius 2 is 2.00 bits per heavy atom. The Hall–Kier alpha value is -3.00. The highest BCUT2D eigenvalue weighted by Crippen LogP contribution is 2.21. The van der Waals surface area contributed by atoms with E-state index in [-0.39, 0.29) is 0 Å². The van der Waals surface area contributed by atoms with Crippen LogP contribution in [0.2, 0.25) is 0 Å². The molecule has 0 bridgehead atoms. The van der Waals surface area contributed by atoms with Gasteiger partial charge in [-0.3, -0.25) is 4.79 Å². The molecule has 0 aliphatic carbocycles. The zero-order valence-corrected chi connectivity index (χ0v) is 13.7. The smallest absolute Gasteiger partial charge is 0.325 e. The van der Waals surface area contributed by atoms with Crippen LogP contribution in [0.1, 0.15) is 23.6 Å². The molecule has 0 saturated carbocycles. The number of benzene rings is 2. The van der Waals surface area contributed by atoms with Gasteiger partial charge in [0.05, 0.1) is 18.2 Å². The molecule has 1 unspecified atom stereocenters. The van der Waals surface area contributed by atoms with Crippen molar-refractivity contribution in [3.05, 3.63) is 59.2 Å². The zero-order valence-electron chi connectivity index (χ0n) is 13.7. The molecule has 2 rings (SSSR count). The minimum absolute atomic E-state index is 0.503. The lowest BCUT2D eigenvalue weighted by atomic mass is 10.1. The summed E-state index contributed by atoms with van der Waals surface area (Å²) < 4.78 is 5.78. The number of rotatable bonds is 7. The van der Waals surface area contributed by atoms with Crippen LogP contribution in [0, 0.1) is 18.3 Å². The van der Waals surface area contributed by atoms with Gasteiger partial charge in [-0.05, 0) is 49.2 Å². The fourth-order valence-electron chi connectivity index (χ4n) is 2.26. The van der Waals surface area contributed by atoms with Crippen LogP contribution in [0.4, 0.5) is 5.69 Å². The maximum absolute atomic E-state index is 10.9. The first-order valence-corrected chi connectivity index (χ1v) is 7.71. The summed E-state index contributed by atoms with van der Waals surface area (Å²) in [4.78, 5) is 10.9. The average molecular weight is 324 g/mol. The van der Waals surface area contributed by atoms with Gasteiger partial charge in [-0.25, -0.2) is 0 Å². The molecule has 5 nitrogen and oxygen atoms in total. The van der Waals surface area contributed by atoms with Gasteiger partial charge >= 0.3 is 5.97 Å². The van der Waals surface area contributed by atoms with Gasteiger partial charge in [0.15, 0.2) is 0 Å². The zero-order chi connectivity index (χ0) is 17.5. The van der Waals surface area contributed by atoms with Gasteiger partial charge in [-0.1, -0.05) is 12.1 Å². The van der Waals surface area contributed by atoms with E-state index < -0.39 is 12.0 Å². The number of aryl methyl sites for hydroxylation is 1. The van der Waals surface area contributed by atoms with E-state index in [1.807, 2.05) is 31.2 Å². The van der Waals surface area contributed by atoms with Gasteiger partial charge in [0.25, 0.3) is 0 Å². The predicted octanol–water partition coefficient (Wildman–Crippen LogP) is 3.37. The summed E-state index contributed by atoms with van der Waals surface area (Å²) in [5.74, 6) is -0.205. The summed E-state index contributed by atoms with van der Waals surface area (Å²) in [6, 6.07) is 14.4. The SMILES string of the molecule is Cc1cc(NC(C)C(=O)O)cc(OCCc2ccc(C#N)cc2)c1. The Morgan fingerprint density at radius 3 is 2.62 bits per heavy atom. The molecule has 0 fully saturated rings. The molecule has 24 heavy (non-hydrogen) atoms. The molecule has 0 aromatic heterocycles. The molecule has 2 aromatic carbocycles. The van der Waals surface area contributed by atoms with Crippen LogP contribution in [0.3, 0.4) is 0 Å². The maximum atomic E-state index is 10.9. The van der Waals surface area contributed by atoms with E-state index in [1.54, 1.807) is 25.1 Å². The second-order valence-electron chi connectivity index (χ2n) is 5.65. The largest absolute Gasteiger partial charge is 0.493 e. The molecule has 0 aliphatic heterocycles. The Morgan fingerprint density at radius 1 is 1.29 bits per heavy atom. The third-order valence-electron chi connectivity index (χ3n) is 3.55. The average Bonchev–Trinajstić information content (AvgIpc) is 2.55. The fourth-order valence-corrected chi connectivity index (χ4v) is 2.26. The third-order valence-corrected chi connectivity index (χ3v) is 3.55. The fraction of sp³-hybridized carbons (Fsp3) is 0.263. The normalized spacial score (nSPS) is 11.4. The summed E-state index contributed by atoms with van der Waals surface area (Å²) in [5.41, 5.74) is 3.45. The first-order valence-electron chi connectivity index (χ1n) is 7.71. The number of carbonyl (C=O) groups is 1. The van der Waals surface area contributed by atoms with Gasteiger partial charge in [-0.2, -0.15) is 5.26 Å². The van der Waals surface area contributed by atoms with Crippen molar-refractivity contribution in [1.82, 2.24) is 0 Å². The number of anilines is 1. The van der Waals surface area contributed by atoms with Crippen molar-refractivity contribution in [3.63, 3.8) is 0 Å². The minimum Gasteiger partial charge on any atom is -0.493 e. The van der Waals surface area contributed by atoms with Gasteiger partial charge in [-0.15, -0.1) is 0 Å². The quantitative estimate of drug-likeness (QED) is 0.816. The molecule has 2 aromatic rings. The van der Waals surface area contributed by atoms with Crippen molar-refractivity contribution in [2.75, 3.05) is 11.9 Å². The number of carboxylic acid groups (broad SMARTS) is 1. The first-order chi connectivity index (χ1) is 11.5. The minimum atomic E-state index is -0.903. The number of hydrogen-bond donors (Lipinski definition) is 2. The molecular formula is C19H20N2O3. The van der Waals surface area contributed by atoms with E-state index in [9.17, 15) is 4.79 Å². The molecule has 0 heterocycles. The van der Waals surface area contributed by atoms with E-state index in [1.165, 1.54) is 0 Å². The standard InChI is InChI=1S/C19H20N2O3/c1-13-9-17(21-14(2)19(22)23)11-18(10-13)24-8-7-15-3-5-16(12-20)6-4-15/h3-6,9-11,14,21H,7-8H2,1-2H3,(H,22,23). The third kappa shape index (κ3) is 5.03. The molecule has 0 amide bonds. The van der Waals surface area contributed by atoms with Crippen molar-refractivity contribution in [2.45, 2.75) is 26.3 Å². The van der Waals surface area contributed by atoms with Crippen molar-refractivity contribution >= 4 is 11.7 Å². The highest BCUT2D eigenvalue weighted by atomic mass is 16.5. The Kier molecular flexibility index (Phi) is 5.80. The summed E-state index contributed by atoms with van der Waals surface area (Å²) >= 11 is 0. The lowest BCUT2D eigenvalue weighted by Crippen LogP contribution is -2.25. The molecule has 0 saturated heterocycles. The van der Waals surface area contributed by atoms with Crippen LogP contribution in [0.5, 0.6) is 5.75 Å². The highest BCUT2D eigenvalue weighted by molar-refractivity contribution is 5.76. The lowest BCUT2D eigenvalue weighted by Gasteiger charge is -2.14. The van der Waals surface area contributed by atoms with Gasteiger partial charge in [0.1, 0.15) is 11.8 Å². The summed E-state index contributed by atoms with van der Waals surface area (Å²) in [7, 11) is 0. The molecular weight excluding hydrogens is 304 g/mol. The van der Waals surface area contributed by atoms with Gasteiger partial charge < -0.3 is 15.2 Å². The van der Waals surface area contributed by atoms with Crippen LogP contribution >= 0.6 is 0 Å². The molecule has 1 atom stereocenters. The first kappa shape index (κ1) is 17.4. The predicted molar refractivity (Wildman–Crippen MR) is 92.3 cm³/mol. The molecule has 0 radical (unpaired) electrons. The monoisotopic (exact) mass is 324 g/mol. The van der Waals surface area contributed by atoms with Gasteiger partial charge in [0.2, 0.25) is 0 Å². The van der Waals surface area contributed by atoms with Crippen LogP contribution in [-0.2, 0) is 11.2 Å². The number of nitrogens with one attached hydrogen (secondary N) is 1. The van der Waals surface area contributed by atoms with E-state index in [4.69, 9.17) is 15.1 Å². The Balaban J connectivity index is 1.95. The van der Waals surface area contributed by atoms with E-state index in [0.29, 0.717) is 17.9 Å². The number of nitrogens with zero attached hydrogens (tertiary/aromatic N) is 1. The van der Waals surface area contributed by atoms with Crippen molar-refractivity contribution in [2.24, 2.45) is 0 Å². The van der Waals surface area contributed by atoms with E-state index in [2.05, 4.69) is 11.4 Å². The second kappa shape index (κ2) is 8.02. The summed E-state index contributed by atoms with van der Waals surface area (Å²) in [6.45, 7) is 4.03. The number of carboxylic acids is 1. The topological polar surface area (TPSA) is 82.3 Å². The van der Waals surface area contributed by atoms with Crippen LogP contribution in [0.15, 0.2) is 42.5 Å². The second-order valence-corrected chi connectivity index (χ2v) is 5.65. The van der Waals surface area contributed by atoms with E-state index in [0.717, 1.165) is 23.2 Å². The van der Waals surface area contributed by atoms with Crippen LogP contribution in [-0.4, -0.2) is 23.7 Å². The van der Waals surface area contributed by atoms with Gasteiger partial charge in [0, 0.05) is 18.2 Å². The molecule has 124 valence electrons. The Bertz CT molecular complexity index is 748. The number of aliphatic carboxylic acids is 1. The summed E-state index contributed by atoms with van der Waals surface area (Å²) in [6.07, 6.45) is 0.730. The molecule has 0 aliphatic rings. The lowest BCUT2D eigenvalue weighted by molar-refractivity contribution is -0.137. The number of nitriles is 1. The molecule has 5 heteroatoms. The van der Waals surface area contributed by atoms with Crippen molar-refractivity contribution < 1.29 is 14.6 Å². The van der Waals surface area contributed by atoms with Crippen LogP contribution in [0.25, 0.3) is 0 Å². The molecule has 0 spiro atoms. The van der Waals surface area contributed by atoms with Crippen LogP contribution < -0.4 is 10.1 Å². The summed E-state index contributed by atoms with van der Waals surface area (Å²) in [5, 5.41) is 20.7. The Labute approximate surface area is 141 Å². The van der Waals surface area contributed by atoms with Crippen molar-refractivity contribution in [3.8, 4) is 11.8 Å². The maximum Gasteiger partial charge on any atom is 0.325 e. The van der Waals surface area contributed by atoms with E-state index >= 15 is 0 Å². The number of hydrogen-bond acceptors (Lipinski definition) is 4.